The molecule has 0 saturated heterocycles. The molecule has 1 aromatic carbocycles. The van der Waals surface area contributed by atoms with Crippen LogP contribution in [0.15, 0.2) is 29.2 Å². The molecule has 4 heteroatoms. The van der Waals surface area contributed by atoms with E-state index >= 15 is 0 Å². The Hall–Kier alpha value is -1.16. The zero-order valence-corrected chi connectivity index (χ0v) is 12.4. The van der Waals surface area contributed by atoms with Crippen LogP contribution in [0, 0.1) is 5.92 Å². The molecule has 0 aromatic heterocycles. The highest BCUT2D eigenvalue weighted by atomic mass is 32.2. The highest BCUT2D eigenvalue weighted by molar-refractivity contribution is 7.98. The Balaban J connectivity index is 1.86. The molecule has 0 bridgehead atoms. The van der Waals surface area contributed by atoms with Crippen LogP contribution in [0.2, 0.25) is 0 Å². The molecule has 1 aromatic rings. The van der Waals surface area contributed by atoms with Crippen LogP contribution in [0.25, 0.3) is 0 Å². The Morgan fingerprint density at radius 2 is 1.89 bits per heavy atom. The molecule has 0 unspecified atom stereocenters. The van der Waals surface area contributed by atoms with E-state index in [4.69, 9.17) is 0 Å². The molecule has 0 aliphatic heterocycles. The van der Waals surface area contributed by atoms with E-state index in [2.05, 4.69) is 17.6 Å². The predicted molar refractivity (Wildman–Crippen MR) is 81.8 cm³/mol. The lowest BCUT2D eigenvalue weighted by atomic mass is 9.86. The fourth-order valence-corrected chi connectivity index (χ4v) is 2.95. The summed E-state index contributed by atoms with van der Waals surface area (Å²) in [6, 6.07) is 8.15. The van der Waals surface area contributed by atoms with Gasteiger partial charge in [-0.3, -0.25) is 0 Å². The molecule has 0 spiro atoms. The van der Waals surface area contributed by atoms with E-state index in [9.17, 15) is 4.79 Å². The van der Waals surface area contributed by atoms with Gasteiger partial charge in [0, 0.05) is 16.6 Å². The average molecular weight is 278 g/mol. The number of anilines is 1. The normalized spacial score (nSPS) is 22.8. The first-order valence-corrected chi connectivity index (χ1v) is 8.13. The minimum atomic E-state index is -0.0874. The monoisotopic (exact) mass is 278 g/mol. The lowest BCUT2D eigenvalue weighted by Gasteiger charge is -2.29. The summed E-state index contributed by atoms with van der Waals surface area (Å²) in [6.07, 6.45) is 6.86. The molecular weight excluding hydrogens is 256 g/mol. The Bertz CT molecular complexity index is 419. The molecule has 0 radical (unpaired) electrons. The quantitative estimate of drug-likeness (QED) is 0.817. The van der Waals surface area contributed by atoms with Crippen LogP contribution in [0.1, 0.15) is 32.6 Å². The van der Waals surface area contributed by atoms with Crippen LogP contribution in [0.4, 0.5) is 10.5 Å². The third-order valence-electron chi connectivity index (χ3n) is 3.78. The van der Waals surface area contributed by atoms with Crippen molar-refractivity contribution in [3.8, 4) is 0 Å². The lowest BCUT2D eigenvalue weighted by Crippen LogP contribution is -2.43. The third-order valence-corrected chi connectivity index (χ3v) is 4.52. The minimum Gasteiger partial charge on any atom is -0.335 e. The van der Waals surface area contributed by atoms with Crippen LogP contribution in [0.3, 0.4) is 0 Å². The second kappa shape index (κ2) is 6.85. The molecule has 2 rings (SSSR count). The first-order chi connectivity index (χ1) is 9.19. The Kier molecular flexibility index (Phi) is 5.14. The van der Waals surface area contributed by atoms with Gasteiger partial charge in [-0.1, -0.05) is 19.8 Å². The van der Waals surface area contributed by atoms with Gasteiger partial charge in [0.05, 0.1) is 0 Å². The number of carbonyl (C=O) groups excluding carboxylic acids is 1. The number of hydrogen-bond donors (Lipinski definition) is 2. The van der Waals surface area contributed by atoms with Crippen molar-refractivity contribution in [1.29, 1.82) is 0 Å². The smallest absolute Gasteiger partial charge is 0.319 e. The van der Waals surface area contributed by atoms with E-state index in [1.807, 2.05) is 30.5 Å². The van der Waals surface area contributed by atoms with Crippen molar-refractivity contribution in [1.82, 2.24) is 5.32 Å². The summed E-state index contributed by atoms with van der Waals surface area (Å²) in [5.74, 6) is 0.582. The van der Waals surface area contributed by atoms with Crippen LogP contribution >= 0.6 is 11.8 Å². The first-order valence-electron chi connectivity index (χ1n) is 6.90. The molecule has 1 aliphatic rings. The van der Waals surface area contributed by atoms with Crippen molar-refractivity contribution in [2.75, 3.05) is 11.6 Å². The van der Waals surface area contributed by atoms with Gasteiger partial charge in [-0.15, -0.1) is 11.8 Å². The summed E-state index contributed by atoms with van der Waals surface area (Å²) in [7, 11) is 0. The Morgan fingerprint density at radius 1 is 1.21 bits per heavy atom. The van der Waals surface area contributed by atoms with Gasteiger partial charge in [0.1, 0.15) is 0 Å². The highest BCUT2D eigenvalue weighted by Crippen LogP contribution is 2.24. The number of hydrogen-bond acceptors (Lipinski definition) is 2. The second-order valence-corrected chi connectivity index (χ2v) is 6.07. The minimum absolute atomic E-state index is 0.0874. The van der Waals surface area contributed by atoms with Gasteiger partial charge in [0.15, 0.2) is 0 Å². The van der Waals surface area contributed by atoms with E-state index in [0.717, 1.165) is 12.1 Å². The van der Waals surface area contributed by atoms with Crippen LogP contribution in [0.5, 0.6) is 0 Å². The summed E-state index contributed by atoms with van der Waals surface area (Å²) >= 11 is 1.70. The molecule has 3 nitrogen and oxygen atoms in total. The Labute approximate surface area is 119 Å². The van der Waals surface area contributed by atoms with Crippen LogP contribution in [-0.4, -0.2) is 18.3 Å². The zero-order valence-electron chi connectivity index (χ0n) is 11.6. The zero-order chi connectivity index (χ0) is 13.7. The summed E-state index contributed by atoms with van der Waals surface area (Å²) < 4.78 is 0. The number of thioether (sulfide) groups is 1. The topological polar surface area (TPSA) is 41.1 Å². The van der Waals surface area contributed by atoms with Crippen molar-refractivity contribution in [3.63, 3.8) is 0 Å². The van der Waals surface area contributed by atoms with Gasteiger partial charge >= 0.3 is 6.03 Å². The van der Waals surface area contributed by atoms with Crippen LogP contribution in [-0.2, 0) is 0 Å². The maximum atomic E-state index is 12.0. The number of benzene rings is 1. The van der Waals surface area contributed by atoms with Gasteiger partial charge in [-0.05, 0) is 49.3 Å². The number of rotatable bonds is 3. The number of carbonyl (C=O) groups is 1. The van der Waals surface area contributed by atoms with Crippen molar-refractivity contribution in [2.45, 2.75) is 43.5 Å². The molecular formula is C15H22N2OS. The molecule has 2 amide bonds. The van der Waals surface area contributed by atoms with E-state index in [1.54, 1.807) is 11.8 Å². The maximum absolute atomic E-state index is 12.0. The molecule has 19 heavy (non-hydrogen) atoms. The first kappa shape index (κ1) is 14.3. The molecule has 1 aliphatic carbocycles. The lowest BCUT2D eigenvalue weighted by molar-refractivity contribution is 0.232. The number of amides is 2. The van der Waals surface area contributed by atoms with Crippen LogP contribution < -0.4 is 10.6 Å². The fourth-order valence-electron chi connectivity index (χ4n) is 2.54. The van der Waals surface area contributed by atoms with Gasteiger partial charge in [0.25, 0.3) is 0 Å². The number of nitrogens with one attached hydrogen (secondary N) is 2. The van der Waals surface area contributed by atoms with Crippen molar-refractivity contribution in [2.24, 2.45) is 5.92 Å². The van der Waals surface area contributed by atoms with Gasteiger partial charge in [0.2, 0.25) is 0 Å². The molecule has 0 heterocycles. The van der Waals surface area contributed by atoms with E-state index < -0.39 is 0 Å². The second-order valence-electron chi connectivity index (χ2n) is 5.20. The fraction of sp³-hybridized carbons (Fsp3) is 0.533. The summed E-state index contributed by atoms with van der Waals surface area (Å²) in [4.78, 5) is 13.2. The summed E-state index contributed by atoms with van der Waals surface area (Å²) in [6.45, 7) is 2.22. The van der Waals surface area contributed by atoms with Gasteiger partial charge in [-0.25, -0.2) is 4.79 Å². The Morgan fingerprint density at radius 3 is 2.53 bits per heavy atom. The maximum Gasteiger partial charge on any atom is 0.319 e. The molecule has 2 atom stereocenters. The van der Waals surface area contributed by atoms with E-state index in [1.165, 1.54) is 24.2 Å². The van der Waals surface area contributed by atoms with Gasteiger partial charge < -0.3 is 10.6 Å². The third kappa shape index (κ3) is 4.16. The number of urea groups is 1. The summed E-state index contributed by atoms with van der Waals surface area (Å²) in [5.41, 5.74) is 0.846. The largest absolute Gasteiger partial charge is 0.335 e. The summed E-state index contributed by atoms with van der Waals surface area (Å²) in [5, 5.41) is 5.99. The molecule has 1 fully saturated rings. The molecule has 104 valence electrons. The van der Waals surface area contributed by atoms with Crippen molar-refractivity contribution in [3.05, 3.63) is 24.3 Å². The average Bonchev–Trinajstić information content (AvgIpc) is 2.42. The van der Waals surface area contributed by atoms with E-state index in [-0.39, 0.29) is 6.03 Å². The van der Waals surface area contributed by atoms with Gasteiger partial charge in [-0.2, -0.15) is 0 Å². The highest BCUT2D eigenvalue weighted by Gasteiger charge is 2.22. The SMILES string of the molecule is CSc1ccc(NC(=O)N[C@H]2CCCC[C@H]2C)cc1. The van der Waals surface area contributed by atoms with Crippen molar-refractivity contribution >= 4 is 23.5 Å². The standard InChI is InChI=1S/C15H22N2OS/c1-11-5-3-4-6-14(11)17-15(18)16-12-7-9-13(19-2)10-8-12/h7-11,14H,3-6H2,1-2H3,(H2,16,17,18)/t11-,14+/m1/s1. The molecule has 2 N–H and O–H groups in total. The molecule has 1 saturated carbocycles. The predicted octanol–water partition coefficient (Wildman–Crippen LogP) is 4.11. The van der Waals surface area contributed by atoms with E-state index in [0.29, 0.717) is 12.0 Å². The van der Waals surface area contributed by atoms with Crippen molar-refractivity contribution < 1.29 is 4.79 Å².